The maximum atomic E-state index is 14.3. The summed E-state index contributed by atoms with van der Waals surface area (Å²) in [5.41, 5.74) is 2.54. The van der Waals surface area contributed by atoms with Gasteiger partial charge >= 0.3 is 6.09 Å². The Kier molecular flexibility index (Phi) is 3.96. The van der Waals surface area contributed by atoms with Crippen LogP contribution in [0.3, 0.4) is 0 Å². The topological polar surface area (TPSA) is 56.6 Å². The van der Waals surface area contributed by atoms with Gasteiger partial charge in [-0.1, -0.05) is 12.1 Å². The monoisotopic (exact) mass is 355 g/mol. The minimum Gasteiger partial charge on any atom is -0.447 e. The Morgan fingerprint density at radius 2 is 1.92 bits per heavy atom. The van der Waals surface area contributed by atoms with E-state index in [0.717, 1.165) is 28.9 Å². The lowest BCUT2D eigenvalue weighted by molar-refractivity contribution is 0.181. The molecule has 0 radical (unpaired) electrons. The molecule has 5 nitrogen and oxygen atoms in total. The number of cyclic esters (lactones) is 1. The third kappa shape index (κ3) is 2.64. The highest BCUT2D eigenvalue weighted by molar-refractivity contribution is 5.90. The quantitative estimate of drug-likeness (QED) is 0.829. The van der Waals surface area contributed by atoms with Gasteiger partial charge in [-0.15, -0.1) is 0 Å². The molecule has 2 aliphatic rings. The zero-order valence-corrected chi connectivity index (χ0v) is 13.8. The fourth-order valence-electron chi connectivity index (χ4n) is 3.58. The van der Waals surface area contributed by atoms with Crippen LogP contribution in [0.5, 0.6) is 0 Å². The highest BCUT2D eigenvalue weighted by Gasteiger charge is 2.29. The number of hydrogen-bond donors (Lipinski definition) is 0. The van der Waals surface area contributed by atoms with Gasteiger partial charge in [0.25, 0.3) is 0 Å². The Labute approximate surface area is 149 Å². The zero-order valence-electron chi connectivity index (χ0n) is 13.8. The normalized spacial score (nSPS) is 16.3. The van der Waals surface area contributed by atoms with Crippen LogP contribution in [0.1, 0.15) is 16.7 Å². The summed E-state index contributed by atoms with van der Waals surface area (Å²) in [6.07, 6.45) is 0.179. The second kappa shape index (κ2) is 6.30. The van der Waals surface area contributed by atoms with Crippen molar-refractivity contribution in [1.29, 1.82) is 5.26 Å². The minimum atomic E-state index is -0.746. The van der Waals surface area contributed by atoms with Crippen LogP contribution < -0.4 is 9.80 Å². The second-order valence-electron chi connectivity index (χ2n) is 6.25. The van der Waals surface area contributed by atoms with E-state index in [0.29, 0.717) is 32.7 Å². The molecule has 0 aromatic heterocycles. The SMILES string of the molecule is N#Cc1cc(F)c(N2CCc3c(cccc3N3CCOC3=O)C2)c(F)c1. The molecule has 4 rings (SSSR count). The molecule has 0 atom stereocenters. The molecule has 0 N–H and O–H groups in total. The fourth-order valence-corrected chi connectivity index (χ4v) is 3.58. The maximum absolute atomic E-state index is 14.3. The summed E-state index contributed by atoms with van der Waals surface area (Å²) in [6.45, 7) is 1.59. The van der Waals surface area contributed by atoms with Crippen molar-refractivity contribution >= 4 is 17.5 Å². The van der Waals surface area contributed by atoms with Gasteiger partial charge in [-0.05, 0) is 35.7 Å². The molecule has 2 aliphatic heterocycles. The Hall–Kier alpha value is -3.14. The number of amides is 1. The first kappa shape index (κ1) is 16.3. The van der Waals surface area contributed by atoms with E-state index in [1.165, 1.54) is 0 Å². The van der Waals surface area contributed by atoms with Gasteiger partial charge in [0.15, 0.2) is 11.6 Å². The van der Waals surface area contributed by atoms with Crippen LogP contribution in [0.4, 0.5) is 25.0 Å². The number of halogens is 2. The zero-order chi connectivity index (χ0) is 18.3. The minimum absolute atomic E-state index is 0.0454. The molecule has 2 aromatic rings. The van der Waals surface area contributed by atoms with Gasteiger partial charge in [0.1, 0.15) is 12.3 Å². The van der Waals surface area contributed by atoms with Gasteiger partial charge in [-0.25, -0.2) is 13.6 Å². The highest BCUT2D eigenvalue weighted by Crippen LogP contribution is 2.34. The average Bonchev–Trinajstić information content (AvgIpc) is 3.06. The first-order valence-electron chi connectivity index (χ1n) is 8.27. The van der Waals surface area contributed by atoms with E-state index in [9.17, 15) is 13.6 Å². The smallest absolute Gasteiger partial charge is 0.414 e. The first-order valence-corrected chi connectivity index (χ1v) is 8.27. The number of nitrogens with zero attached hydrogens (tertiary/aromatic N) is 3. The van der Waals surface area contributed by atoms with Gasteiger partial charge < -0.3 is 9.64 Å². The third-order valence-electron chi connectivity index (χ3n) is 4.76. The van der Waals surface area contributed by atoms with E-state index >= 15 is 0 Å². The van der Waals surface area contributed by atoms with Crippen LogP contribution in [0, 0.1) is 23.0 Å². The van der Waals surface area contributed by atoms with E-state index in [1.54, 1.807) is 15.9 Å². The van der Waals surface area contributed by atoms with E-state index in [2.05, 4.69) is 0 Å². The lowest BCUT2D eigenvalue weighted by atomic mass is 9.96. The summed E-state index contributed by atoms with van der Waals surface area (Å²) < 4.78 is 33.7. The van der Waals surface area contributed by atoms with Crippen LogP contribution in [0.15, 0.2) is 30.3 Å². The summed E-state index contributed by atoms with van der Waals surface area (Å²) in [6, 6.07) is 9.43. The molecule has 0 spiro atoms. The Balaban J connectivity index is 1.68. The molecule has 1 amide bonds. The van der Waals surface area contributed by atoms with Crippen LogP contribution in [0.25, 0.3) is 0 Å². The predicted octanol–water partition coefficient (Wildman–Crippen LogP) is 3.36. The van der Waals surface area contributed by atoms with E-state index in [-0.39, 0.29) is 17.3 Å². The summed E-state index contributed by atoms with van der Waals surface area (Å²) in [5.74, 6) is -1.49. The highest BCUT2D eigenvalue weighted by atomic mass is 19.1. The fraction of sp³-hybridized carbons (Fsp3) is 0.263. The molecule has 1 saturated heterocycles. The van der Waals surface area contributed by atoms with Crippen LogP contribution in [-0.4, -0.2) is 25.8 Å². The van der Waals surface area contributed by atoms with Crippen molar-refractivity contribution in [2.24, 2.45) is 0 Å². The molecular weight excluding hydrogens is 340 g/mol. The van der Waals surface area contributed by atoms with E-state index in [1.807, 2.05) is 18.2 Å². The first-order chi connectivity index (χ1) is 12.6. The van der Waals surface area contributed by atoms with Gasteiger partial charge in [0, 0.05) is 13.1 Å². The van der Waals surface area contributed by atoms with Crippen molar-refractivity contribution in [3.8, 4) is 6.07 Å². The number of rotatable bonds is 2. The number of hydrogen-bond acceptors (Lipinski definition) is 4. The summed E-state index contributed by atoms with van der Waals surface area (Å²) in [4.78, 5) is 15.1. The Morgan fingerprint density at radius 1 is 1.15 bits per heavy atom. The number of benzene rings is 2. The Bertz CT molecular complexity index is 916. The molecule has 132 valence electrons. The van der Waals surface area contributed by atoms with Gasteiger partial charge in [-0.3, -0.25) is 4.90 Å². The van der Waals surface area contributed by atoms with Crippen molar-refractivity contribution in [2.75, 3.05) is 29.5 Å². The molecule has 0 aliphatic carbocycles. The molecule has 2 aromatic carbocycles. The van der Waals surface area contributed by atoms with Crippen molar-refractivity contribution in [1.82, 2.24) is 0 Å². The number of carbonyl (C=O) groups is 1. The number of ether oxygens (including phenoxy) is 1. The van der Waals surface area contributed by atoms with Crippen LogP contribution in [0.2, 0.25) is 0 Å². The second-order valence-corrected chi connectivity index (χ2v) is 6.25. The molecule has 26 heavy (non-hydrogen) atoms. The summed E-state index contributed by atoms with van der Waals surface area (Å²) >= 11 is 0. The van der Waals surface area contributed by atoms with Gasteiger partial charge in [0.2, 0.25) is 0 Å². The average molecular weight is 355 g/mol. The van der Waals surface area contributed by atoms with Gasteiger partial charge in [0.05, 0.1) is 23.9 Å². The van der Waals surface area contributed by atoms with Crippen molar-refractivity contribution in [3.63, 3.8) is 0 Å². The molecule has 1 fully saturated rings. The van der Waals surface area contributed by atoms with Gasteiger partial charge in [-0.2, -0.15) is 5.26 Å². The lowest BCUT2D eigenvalue weighted by Gasteiger charge is -2.33. The van der Waals surface area contributed by atoms with Crippen molar-refractivity contribution in [3.05, 3.63) is 58.7 Å². The third-order valence-corrected chi connectivity index (χ3v) is 4.76. The van der Waals surface area contributed by atoms with E-state index < -0.39 is 11.6 Å². The van der Waals surface area contributed by atoms with Crippen LogP contribution >= 0.6 is 0 Å². The van der Waals surface area contributed by atoms with E-state index in [4.69, 9.17) is 10.00 Å². The largest absolute Gasteiger partial charge is 0.447 e. The standard InChI is InChI=1S/C19H15F2N3O2/c20-15-8-12(10-22)9-16(21)18(15)23-5-4-14-13(11-23)2-1-3-17(14)24-6-7-26-19(24)25/h1-3,8-9H,4-7,11H2. The maximum Gasteiger partial charge on any atom is 0.414 e. The molecule has 0 bridgehead atoms. The molecule has 7 heteroatoms. The predicted molar refractivity (Wildman–Crippen MR) is 91.0 cm³/mol. The number of fused-ring (bicyclic) bond motifs is 1. The number of nitriles is 1. The lowest BCUT2D eigenvalue weighted by Crippen LogP contribution is -2.34. The summed E-state index contributed by atoms with van der Waals surface area (Å²) in [7, 11) is 0. The Morgan fingerprint density at radius 3 is 2.58 bits per heavy atom. The van der Waals surface area contributed by atoms with Crippen LogP contribution in [-0.2, 0) is 17.7 Å². The number of anilines is 2. The van der Waals surface area contributed by atoms with Crippen molar-refractivity contribution in [2.45, 2.75) is 13.0 Å². The molecule has 2 heterocycles. The molecular formula is C19H15F2N3O2. The van der Waals surface area contributed by atoms with Crippen molar-refractivity contribution < 1.29 is 18.3 Å². The molecule has 0 unspecified atom stereocenters. The molecule has 0 saturated carbocycles. The summed E-state index contributed by atoms with van der Waals surface area (Å²) in [5, 5.41) is 8.83. The number of carbonyl (C=O) groups excluding carboxylic acids is 1.